The van der Waals surface area contributed by atoms with Crippen molar-refractivity contribution in [3.8, 4) is 0 Å². The molecule has 2 aromatic heterocycles. The largest absolute Gasteiger partial charge is 0.351 e. The van der Waals surface area contributed by atoms with Crippen LogP contribution in [0.25, 0.3) is 5.52 Å². The van der Waals surface area contributed by atoms with E-state index in [0.29, 0.717) is 6.54 Å². The van der Waals surface area contributed by atoms with Crippen molar-refractivity contribution in [1.29, 1.82) is 0 Å². The predicted octanol–water partition coefficient (Wildman–Crippen LogP) is 0.970. The molecule has 0 aliphatic carbocycles. The van der Waals surface area contributed by atoms with Gasteiger partial charge in [0.25, 0.3) is 0 Å². The molecule has 0 atom stereocenters. The van der Waals surface area contributed by atoms with Crippen LogP contribution in [-0.4, -0.2) is 15.5 Å². The van der Waals surface area contributed by atoms with Crippen molar-refractivity contribution in [2.75, 3.05) is 0 Å². The molecular formula is C10H11N3O. The fourth-order valence-corrected chi connectivity index (χ4v) is 1.29. The minimum Gasteiger partial charge on any atom is -0.351 e. The van der Waals surface area contributed by atoms with Gasteiger partial charge in [-0.3, -0.25) is 4.79 Å². The molecule has 0 unspecified atom stereocenters. The van der Waals surface area contributed by atoms with Crippen molar-refractivity contribution in [2.24, 2.45) is 0 Å². The first-order valence-electron chi connectivity index (χ1n) is 4.43. The second kappa shape index (κ2) is 3.49. The van der Waals surface area contributed by atoms with E-state index in [-0.39, 0.29) is 5.91 Å². The number of fused-ring (bicyclic) bond motifs is 1. The lowest BCUT2D eigenvalue weighted by Crippen LogP contribution is -2.19. The molecule has 0 saturated carbocycles. The molecule has 0 aliphatic heterocycles. The van der Waals surface area contributed by atoms with Gasteiger partial charge in [-0.1, -0.05) is 6.07 Å². The first kappa shape index (κ1) is 8.74. The Morgan fingerprint density at radius 3 is 3.14 bits per heavy atom. The SMILES string of the molecule is CC(=O)NCc1cc2ccccn2n1. The fourth-order valence-electron chi connectivity index (χ4n) is 1.29. The van der Waals surface area contributed by atoms with Gasteiger partial charge < -0.3 is 5.32 Å². The second-order valence-corrected chi connectivity index (χ2v) is 3.12. The molecule has 2 aromatic rings. The van der Waals surface area contributed by atoms with Gasteiger partial charge in [0.2, 0.25) is 5.91 Å². The molecule has 1 amide bonds. The number of nitrogens with zero attached hydrogens (tertiary/aromatic N) is 2. The topological polar surface area (TPSA) is 46.4 Å². The van der Waals surface area contributed by atoms with Crippen LogP contribution < -0.4 is 5.32 Å². The molecule has 72 valence electrons. The van der Waals surface area contributed by atoms with E-state index in [9.17, 15) is 4.79 Å². The van der Waals surface area contributed by atoms with Crippen LogP contribution in [0, 0.1) is 0 Å². The van der Waals surface area contributed by atoms with Gasteiger partial charge in [0.05, 0.1) is 17.8 Å². The Bertz CT molecular complexity index is 428. The van der Waals surface area contributed by atoms with Crippen LogP contribution >= 0.6 is 0 Å². The fraction of sp³-hybridized carbons (Fsp3) is 0.200. The van der Waals surface area contributed by atoms with Crippen LogP contribution in [-0.2, 0) is 11.3 Å². The first-order chi connectivity index (χ1) is 6.75. The summed E-state index contributed by atoms with van der Waals surface area (Å²) in [5.74, 6) is -0.0398. The van der Waals surface area contributed by atoms with E-state index < -0.39 is 0 Å². The molecule has 2 rings (SSSR count). The standard InChI is InChI=1S/C10H11N3O/c1-8(14)11-7-9-6-10-4-2-3-5-13(10)12-9/h2-6H,7H2,1H3,(H,11,14). The minimum atomic E-state index is -0.0398. The lowest BCUT2D eigenvalue weighted by atomic mass is 10.3. The number of carbonyl (C=O) groups is 1. The molecule has 0 fully saturated rings. The second-order valence-electron chi connectivity index (χ2n) is 3.12. The lowest BCUT2D eigenvalue weighted by molar-refractivity contribution is -0.119. The summed E-state index contributed by atoms with van der Waals surface area (Å²) in [5, 5.41) is 6.99. The summed E-state index contributed by atoms with van der Waals surface area (Å²) in [7, 11) is 0. The molecule has 0 aliphatic rings. The Hall–Kier alpha value is -1.84. The number of carbonyl (C=O) groups excluding carboxylic acids is 1. The third-order valence-corrected chi connectivity index (χ3v) is 1.94. The van der Waals surface area contributed by atoms with E-state index in [2.05, 4.69) is 10.4 Å². The maximum absolute atomic E-state index is 10.7. The summed E-state index contributed by atoms with van der Waals surface area (Å²) < 4.78 is 1.79. The number of aromatic nitrogens is 2. The number of nitrogens with one attached hydrogen (secondary N) is 1. The van der Waals surface area contributed by atoms with Crippen molar-refractivity contribution in [1.82, 2.24) is 14.9 Å². The maximum Gasteiger partial charge on any atom is 0.217 e. The van der Waals surface area contributed by atoms with Crippen molar-refractivity contribution in [2.45, 2.75) is 13.5 Å². The summed E-state index contributed by atoms with van der Waals surface area (Å²) in [6.07, 6.45) is 1.88. The highest BCUT2D eigenvalue weighted by atomic mass is 16.1. The van der Waals surface area contributed by atoms with E-state index in [1.165, 1.54) is 6.92 Å². The zero-order chi connectivity index (χ0) is 9.97. The van der Waals surface area contributed by atoms with E-state index in [1.54, 1.807) is 4.52 Å². The Morgan fingerprint density at radius 2 is 2.43 bits per heavy atom. The number of hydrogen-bond donors (Lipinski definition) is 1. The van der Waals surface area contributed by atoms with Crippen LogP contribution in [0.4, 0.5) is 0 Å². The lowest BCUT2D eigenvalue weighted by Gasteiger charge is -1.95. The van der Waals surface area contributed by atoms with Crippen molar-refractivity contribution in [3.63, 3.8) is 0 Å². The average molecular weight is 189 g/mol. The number of hydrogen-bond acceptors (Lipinski definition) is 2. The number of rotatable bonds is 2. The van der Waals surface area contributed by atoms with Crippen molar-refractivity contribution < 1.29 is 4.79 Å². The quantitative estimate of drug-likeness (QED) is 0.765. The molecule has 4 heteroatoms. The number of pyridine rings is 1. The summed E-state index contributed by atoms with van der Waals surface area (Å²) in [6, 6.07) is 7.81. The summed E-state index contributed by atoms with van der Waals surface area (Å²) >= 11 is 0. The van der Waals surface area contributed by atoms with Crippen molar-refractivity contribution >= 4 is 11.4 Å². The Morgan fingerprint density at radius 1 is 1.57 bits per heavy atom. The molecule has 0 spiro atoms. The van der Waals surface area contributed by atoms with Crippen LogP contribution in [0.5, 0.6) is 0 Å². The van der Waals surface area contributed by atoms with Gasteiger partial charge in [0.1, 0.15) is 0 Å². The number of amides is 1. The molecule has 0 aromatic carbocycles. The average Bonchev–Trinajstić information content (AvgIpc) is 2.57. The highest BCUT2D eigenvalue weighted by Crippen LogP contribution is 2.04. The van der Waals surface area contributed by atoms with E-state index in [1.807, 2.05) is 30.5 Å². The zero-order valence-electron chi connectivity index (χ0n) is 7.90. The molecule has 4 nitrogen and oxygen atoms in total. The smallest absolute Gasteiger partial charge is 0.217 e. The van der Waals surface area contributed by atoms with Gasteiger partial charge in [-0.15, -0.1) is 0 Å². The molecule has 0 saturated heterocycles. The van der Waals surface area contributed by atoms with Gasteiger partial charge in [-0.2, -0.15) is 5.10 Å². The normalized spacial score (nSPS) is 10.4. The van der Waals surface area contributed by atoms with Gasteiger partial charge in [0.15, 0.2) is 0 Å². The zero-order valence-corrected chi connectivity index (χ0v) is 7.90. The highest BCUT2D eigenvalue weighted by molar-refractivity contribution is 5.72. The molecule has 1 N–H and O–H groups in total. The minimum absolute atomic E-state index is 0.0398. The Balaban J connectivity index is 2.22. The van der Waals surface area contributed by atoms with E-state index in [0.717, 1.165) is 11.2 Å². The van der Waals surface area contributed by atoms with Crippen LogP contribution in [0.1, 0.15) is 12.6 Å². The Labute approximate surface area is 81.5 Å². The monoisotopic (exact) mass is 189 g/mol. The summed E-state index contributed by atoms with van der Waals surface area (Å²) in [5.41, 5.74) is 1.90. The molecule has 2 heterocycles. The van der Waals surface area contributed by atoms with Gasteiger partial charge in [-0.25, -0.2) is 4.52 Å². The van der Waals surface area contributed by atoms with Crippen LogP contribution in [0.15, 0.2) is 30.5 Å². The van der Waals surface area contributed by atoms with E-state index in [4.69, 9.17) is 0 Å². The summed E-state index contributed by atoms with van der Waals surface area (Å²) in [6.45, 7) is 1.98. The van der Waals surface area contributed by atoms with Gasteiger partial charge in [0, 0.05) is 13.1 Å². The highest BCUT2D eigenvalue weighted by Gasteiger charge is 2.00. The Kier molecular flexibility index (Phi) is 2.18. The first-order valence-corrected chi connectivity index (χ1v) is 4.43. The van der Waals surface area contributed by atoms with Crippen LogP contribution in [0.3, 0.4) is 0 Å². The van der Waals surface area contributed by atoms with E-state index >= 15 is 0 Å². The molecule has 14 heavy (non-hydrogen) atoms. The van der Waals surface area contributed by atoms with Crippen LogP contribution in [0.2, 0.25) is 0 Å². The van der Waals surface area contributed by atoms with Gasteiger partial charge in [-0.05, 0) is 18.2 Å². The van der Waals surface area contributed by atoms with Crippen molar-refractivity contribution in [3.05, 3.63) is 36.2 Å². The molecule has 0 bridgehead atoms. The maximum atomic E-state index is 10.7. The summed E-state index contributed by atoms with van der Waals surface area (Å²) in [4.78, 5) is 10.7. The molecule has 0 radical (unpaired) electrons. The molecular weight excluding hydrogens is 178 g/mol. The predicted molar refractivity (Wildman–Crippen MR) is 52.7 cm³/mol. The third-order valence-electron chi connectivity index (χ3n) is 1.94. The van der Waals surface area contributed by atoms with Gasteiger partial charge >= 0.3 is 0 Å². The third kappa shape index (κ3) is 1.74.